The molecule has 1 aromatic carbocycles. The minimum Gasteiger partial charge on any atom is -0.478 e. The molecule has 6 nitrogen and oxygen atoms in total. The van der Waals surface area contributed by atoms with Crippen LogP contribution in [0.3, 0.4) is 0 Å². The van der Waals surface area contributed by atoms with Gasteiger partial charge in [0.15, 0.2) is 9.84 Å². The number of hydrogen-bond donors (Lipinski definition) is 1. The van der Waals surface area contributed by atoms with Gasteiger partial charge in [-0.2, -0.15) is 0 Å². The second kappa shape index (κ2) is 5.42. The molecule has 1 aliphatic rings. The van der Waals surface area contributed by atoms with Crippen LogP contribution in [0.15, 0.2) is 47.5 Å². The van der Waals surface area contributed by atoms with Gasteiger partial charge in [0.1, 0.15) is 5.82 Å². The zero-order valence-electron chi connectivity index (χ0n) is 11.6. The first kappa shape index (κ1) is 14.5. The van der Waals surface area contributed by atoms with E-state index in [2.05, 4.69) is 4.98 Å². The molecule has 0 spiro atoms. The molecule has 2 heterocycles. The smallest absolute Gasteiger partial charge is 0.337 e. The molecule has 0 bridgehead atoms. The van der Waals surface area contributed by atoms with Crippen LogP contribution < -0.4 is 4.90 Å². The van der Waals surface area contributed by atoms with Gasteiger partial charge in [-0.1, -0.05) is 18.2 Å². The van der Waals surface area contributed by atoms with E-state index in [0.717, 1.165) is 5.56 Å². The van der Waals surface area contributed by atoms with E-state index in [1.165, 1.54) is 12.3 Å². The highest BCUT2D eigenvalue weighted by molar-refractivity contribution is 7.91. The normalized spacial score (nSPS) is 16.6. The summed E-state index contributed by atoms with van der Waals surface area (Å²) in [6, 6.07) is 10.00. The summed E-state index contributed by atoms with van der Waals surface area (Å²) in [5.41, 5.74) is 0.829. The Labute approximate surface area is 128 Å². The van der Waals surface area contributed by atoms with Gasteiger partial charge < -0.3 is 10.0 Å². The van der Waals surface area contributed by atoms with E-state index < -0.39 is 15.8 Å². The number of carbonyl (C=O) groups is 1. The van der Waals surface area contributed by atoms with Crippen LogP contribution in [0.25, 0.3) is 0 Å². The lowest BCUT2D eigenvalue weighted by Gasteiger charge is -2.21. The SMILES string of the molecule is O=C(O)c1ccc(N2CCS(=O)(=O)c3ccccc3C2)nc1. The molecule has 3 rings (SSSR count). The molecular formula is C15H14N2O4S. The van der Waals surface area contributed by atoms with Gasteiger partial charge in [-0.25, -0.2) is 18.2 Å². The lowest BCUT2D eigenvalue weighted by molar-refractivity contribution is 0.0696. The lowest BCUT2D eigenvalue weighted by atomic mass is 10.2. The summed E-state index contributed by atoms with van der Waals surface area (Å²) in [5, 5.41) is 8.90. The summed E-state index contributed by atoms with van der Waals surface area (Å²) in [6.07, 6.45) is 1.28. The van der Waals surface area contributed by atoms with Crippen LogP contribution in [-0.2, 0) is 16.4 Å². The summed E-state index contributed by atoms with van der Waals surface area (Å²) >= 11 is 0. The average molecular weight is 318 g/mol. The van der Waals surface area contributed by atoms with Crippen LogP contribution in [0.4, 0.5) is 5.82 Å². The summed E-state index contributed by atoms with van der Waals surface area (Å²) < 4.78 is 24.6. The first-order chi connectivity index (χ1) is 10.5. The fraction of sp³-hybridized carbons (Fsp3) is 0.200. The van der Waals surface area contributed by atoms with Gasteiger partial charge in [0.2, 0.25) is 0 Å². The van der Waals surface area contributed by atoms with E-state index in [0.29, 0.717) is 23.8 Å². The molecule has 0 aliphatic carbocycles. The Kier molecular flexibility index (Phi) is 3.58. The summed E-state index contributed by atoms with van der Waals surface area (Å²) in [6.45, 7) is 0.741. The van der Waals surface area contributed by atoms with Crippen LogP contribution in [-0.4, -0.2) is 36.8 Å². The van der Waals surface area contributed by atoms with Crippen LogP contribution in [0.1, 0.15) is 15.9 Å². The number of benzene rings is 1. The molecule has 0 radical (unpaired) electrons. The molecule has 1 aliphatic heterocycles. The highest BCUT2D eigenvalue weighted by atomic mass is 32.2. The van der Waals surface area contributed by atoms with E-state index in [-0.39, 0.29) is 11.3 Å². The standard InChI is InChI=1S/C15H14N2O4S/c18-15(19)11-5-6-14(16-9-11)17-7-8-22(20,21)13-4-2-1-3-12(13)10-17/h1-6,9H,7-8,10H2,(H,18,19). The minimum atomic E-state index is -3.30. The molecule has 0 unspecified atom stereocenters. The topological polar surface area (TPSA) is 87.6 Å². The number of sulfone groups is 1. The lowest BCUT2D eigenvalue weighted by Crippen LogP contribution is -2.26. The number of nitrogens with zero attached hydrogens (tertiary/aromatic N) is 2. The minimum absolute atomic E-state index is 0.00632. The third-order valence-corrected chi connectivity index (χ3v) is 5.41. The molecule has 0 fully saturated rings. The zero-order valence-corrected chi connectivity index (χ0v) is 12.5. The predicted octanol–water partition coefficient (Wildman–Crippen LogP) is 1.57. The van der Waals surface area contributed by atoms with Gasteiger partial charge in [-0.05, 0) is 23.8 Å². The van der Waals surface area contributed by atoms with Crippen molar-refractivity contribution in [3.8, 4) is 0 Å². The average Bonchev–Trinajstić information content (AvgIpc) is 2.64. The summed E-state index contributed by atoms with van der Waals surface area (Å²) in [4.78, 5) is 17.2. The monoisotopic (exact) mass is 318 g/mol. The largest absolute Gasteiger partial charge is 0.478 e. The maximum atomic E-state index is 12.3. The maximum Gasteiger partial charge on any atom is 0.337 e. The molecule has 0 saturated heterocycles. The third kappa shape index (κ3) is 2.67. The van der Waals surface area contributed by atoms with Crippen molar-refractivity contribution in [2.75, 3.05) is 17.2 Å². The molecule has 0 saturated carbocycles. The van der Waals surface area contributed by atoms with Gasteiger partial charge in [0, 0.05) is 19.3 Å². The number of fused-ring (bicyclic) bond motifs is 1. The van der Waals surface area contributed by atoms with Crippen molar-refractivity contribution in [2.24, 2.45) is 0 Å². The van der Waals surface area contributed by atoms with Crippen molar-refractivity contribution < 1.29 is 18.3 Å². The Morgan fingerprint density at radius 2 is 1.95 bits per heavy atom. The predicted molar refractivity (Wildman–Crippen MR) is 80.7 cm³/mol. The molecule has 1 N–H and O–H groups in total. The number of aromatic carboxylic acids is 1. The van der Waals surface area contributed by atoms with Crippen molar-refractivity contribution in [3.63, 3.8) is 0 Å². The number of hydrogen-bond acceptors (Lipinski definition) is 5. The Balaban J connectivity index is 1.96. The number of rotatable bonds is 2. The fourth-order valence-corrected chi connectivity index (χ4v) is 3.96. The number of carboxylic acid groups (broad SMARTS) is 1. The van der Waals surface area contributed by atoms with E-state index in [1.54, 1.807) is 30.3 Å². The van der Waals surface area contributed by atoms with E-state index in [4.69, 9.17) is 5.11 Å². The van der Waals surface area contributed by atoms with Crippen molar-refractivity contribution in [3.05, 3.63) is 53.7 Å². The molecule has 1 aromatic heterocycles. The number of aromatic nitrogens is 1. The van der Waals surface area contributed by atoms with E-state index in [1.807, 2.05) is 4.90 Å². The second-order valence-corrected chi connectivity index (χ2v) is 7.14. The Hall–Kier alpha value is -2.41. The van der Waals surface area contributed by atoms with Crippen molar-refractivity contribution >= 4 is 21.6 Å². The Morgan fingerprint density at radius 1 is 1.18 bits per heavy atom. The quantitative estimate of drug-likeness (QED) is 0.904. The number of pyridine rings is 1. The van der Waals surface area contributed by atoms with Crippen LogP contribution >= 0.6 is 0 Å². The molecule has 2 aromatic rings. The Bertz CT molecular complexity index is 816. The molecule has 7 heteroatoms. The first-order valence-electron chi connectivity index (χ1n) is 6.72. The molecular weight excluding hydrogens is 304 g/mol. The van der Waals surface area contributed by atoms with Crippen molar-refractivity contribution in [1.82, 2.24) is 4.98 Å². The van der Waals surface area contributed by atoms with Crippen LogP contribution in [0.2, 0.25) is 0 Å². The first-order valence-corrected chi connectivity index (χ1v) is 8.37. The third-order valence-electron chi connectivity index (χ3n) is 3.62. The van der Waals surface area contributed by atoms with Gasteiger partial charge in [-0.3, -0.25) is 0 Å². The van der Waals surface area contributed by atoms with Crippen LogP contribution in [0.5, 0.6) is 0 Å². The van der Waals surface area contributed by atoms with Gasteiger partial charge in [-0.15, -0.1) is 0 Å². The highest BCUT2D eigenvalue weighted by Gasteiger charge is 2.25. The van der Waals surface area contributed by atoms with Crippen molar-refractivity contribution in [1.29, 1.82) is 0 Å². The summed E-state index contributed by atoms with van der Waals surface area (Å²) in [7, 11) is -3.30. The molecule has 0 atom stereocenters. The highest BCUT2D eigenvalue weighted by Crippen LogP contribution is 2.25. The fourth-order valence-electron chi connectivity index (χ4n) is 2.46. The van der Waals surface area contributed by atoms with Crippen molar-refractivity contribution in [2.45, 2.75) is 11.4 Å². The second-order valence-electron chi connectivity index (χ2n) is 5.06. The molecule has 22 heavy (non-hydrogen) atoms. The molecule has 114 valence electrons. The number of carboxylic acids is 1. The molecule has 0 amide bonds. The van der Waals surface area contributed by atoms with E-state index >= 15 is 0 Å². The number of anilines is 1. The maximum absolute atomic E-state index is 12.3. The van der Waals surface area contributed by atoms with Gasteiger partial charge in [0.25, 0.3) is 0 Å². The van der Waals surface area contributed by atoms with E-state index in [9.17, 15) is 13.2 Å². The zero-order chi connectivity index (χ0) is 15.7. The van der Waals surface area contributed by atoms with Gasteiger partial charge >= 0.3 is 5.97 Å². The van der Waals surface area contributed by atoms with Gasteiger partial charge in [0.05, 0.1) is 16.2 Å². The Morgan fingerprint density at radius 3 is 2.64 bits per heavy atom. The van der Waals surface area contributed by atoms with Crippen LogP contribution in [0, 0.1) is 0 Å². The summed E-state index contributed by atoms with van der Waals surface area (Å²) in [5.74, 6) is -0.466.